The van der Waals surface area contributed by atoms with Gasteiger partial charge in [0.05, 0.1) is 19.7 Å². The van der Waals surface area contributed by atoms with E-state index in [1.54, 1.807) is 4.90 Å². The number of ether oxygens (including phenoxy) is 1. The standard InChI is InChI=1S/C13H18N2O4/c1-2-5-14(8-10-3-4-10)13(18)15-6-7-19-11(9-15)12(16)17/h1,10-11H,3-9H2,(H,16,17). The second-order valence-electron chi connectivity index (χ2n) is 4.95. The summed E-state index contributed by atoms with van der Waals surface area (Å²) in [6, 6.07) is -0.181. The Morgan fingerprint density at radius 2 is 2.21 bits per heavy atom. The van der Waals surface area contributed by atoms with Gasteiger partial charge in [0.15, 0.2) is 6.10 Å². The molecule has 6 heteroatoms. The lowest BCUT2D eigenvalue weighted by Crippen LogP contribution is -2.53. The molecule has 0 radical (unpaired) electrons. The monoisotopic (exact) mass is 266 g/mol. The molecule has 104 valence electrons. The first kappa shape index (κ1) is 13.7. The van der Waals surface area contributed by atoms with Crippen molar-refractivity contribution >= 4 is 12.0 Å². The summed E-state index contributed by atoms with van der Waals surface area (Å²) >= 11 is 0. The number of terminal acetylenes is 1. The van der Waals surface area contributed by atoms with E-state index in [0.717, 1.165) is 12.8 Å². The second kappa shape index (κ2) is 5.93. The molecule has 1 N–H and O–H groups in total. The van der Waals surface area contributed by atoms with Crippen LogP contribution in [-0.4, -0.2) is 65.8 Å². The first-order chi connectivity index (χ1) is 9.11. The molecule has 1 aliphatic heterocycles. The molecule has 0 spiro atoms. The summed E-state index contributed by atoms with van der Waals surface area (Å²) in [5, 5.41) is 8.93. The second-order valence-corrected chi connectivity index (χ2v) is 4.95. The number of aliphatic carboxylic acids is 1. The van der Waals surface area contributed by atoms with Gasteiger partial charge in [0.2, 0.25) is 0 Å². The molecule has 2 aliphatic rings. The molecular formula is C13H18N2O4. The van der Waals surface area contributed by atoms with Crippen LogP contribution >= 0.6 is 0 Å². The van der Waals surface area contributed by atoms with Gasteiger partial charge in [-0.05, 0) is 18.8 Å². The van der Waals surface area contributed by atoms with Gasteiger partial charge in [0.1, 0.15) is 0 Å². The van der Waals surface area contributed by atoms with E-state index >= 15 is 0 Å². The molecule has 19 heavy (non-hydrogen) atoms. The number of urea groups is 1. The summed E-state index contributed by atoms with van der Waals surface area (Å²) in [7, 11) is 0. The Hall–Kier alpha value is -1.74. The molecule has 1 saturated carbocycles. The molecule has 1 heterocycles. The Morgan fingerprint density at radius 3 is 2.79 bits per heavy atom. The van der Waals surface area contributed by atoms with Crippen molar-refractivity contribution in [2.75, 3.05) is 32.8 Å². The average Bonchev–Trinajstić information content (AvgIpc) is 3.21. The largest absolute Gasteiger partial charge is 0.479 e. The van der Waals surface area contributed by atoms with Crippen LogP contribution in [0.4, 0.5) is 4.79 Å². The van der Waals surface area contributed by atoms with Crippen LogP contribution in [0.5, 0.6) is 0 Å². The number of carbonyl (C=O) groups is 2. The maximum atomic E-state index is 12.3. The molecule has 2 amide bonds. The van der Waals surface area contributed by atoms with Gasteiger partial charge in [-0.15, -0.1) is 6.42 Å². The molecule has 1 saturated heterocycles. The Kier molecular flexibility index (Phi) is 4.27. The van der Waals surface area contributed by atoms with Crippen molar-refractivity contribution < 1.29 is 19.4 Å². The molecule has 0 bridgehead atoms. The minimum atomic E-state index is -1.04. The van der Waals surface area contributed by atoms with E-state index in [9.17, 15) is 9.59 Å². The smallest absolute Gasteiger partial charge is 0.334 e. The van der Waals surface area contributed by atoms with E-state index in [2.05, 4.69) is 5.92 Å². The topological polar surface area (TPSA) is 70.1 Å². The van der Waals surface area contributed by atoms with Crippen molar-refractivity contribution in [1.82, 2.24) is 9.80 Å². The van der Waals surface area contributed by atoms with E-state index in [-0.39, 0.29) is 25.7 Å². The van der Waals surface area contributed by atoms with Gasteiger partial charge in [-0.3, -0.25) is 0 Å². The summed E-state index contributed by atoms with van der Waals surface area (Å²) in [5.74, 6) is 2.00. The van der Waals surface area contributed by atoms with E-state index in [0.29, 0.717) is 19.0 Å². The lowest BCUT2D eigenvalue weighted by atomic mass is 10.3. The minimum Gasteiger partial charge on any atom is -0.479 e. The van der Waals surface area contributed by atoms with Crippen LogP contribution in [0.3, 0.4) is 0 Å². The van der Waals surface area contributed by atoms with Gasteiger partial charge >= 0.3 is 12.0 Å². The van der Waals surface area contributed by atoms with Crippen molar-refractivity contribution in [3.63, 3.8) is 0 Å². The number of carboxylic acid groups (broad SMARTS) is 1. The lowest BCUT2D eigenvalue weighted by Gasteiger charge is -2.34. The van der Waals surface area contributed by atoms with E-state index in [1.807, 2.05) is 0 Å². The highest BCUT2D eigenvalue weighted by Gasteiger charge is 2.33. The summed E-state index contributed by atoms with van der Waals surface area (Å²) < 4.78 is 5.10. The Morgan fingerprint density at radius 1 is 1.47 bits per heavy atom. The fourth-order valence-electron chi connectivity index (χ4n) is 2.10. The number of morpholine rings is 1. The predicted molar refractivity (Wildman–Crippen MR) is 67.5 cm³/mol. The zero-order chi connectivity index (χ0) is 13.8. The fraction of sp³-hybridized carbons (Fsp3) is 0.692. The molecule has 0 aromatic heterocycles. The number of hydrogen-bond donors (Lipinski definition) is 1. The molecule has 1 unspecified atom stereocenters. The highest BCUT2D eigenvalue weighted by molar-refractivity contribution is 5.77. The van der Waals surface area contributed by atoms with Gasteiger partial charge in [0, 0.05) is 13.1 Å². The minimum absolute atomic E-state index is 0.0832. The Bertz CT molecular complexity index is 400. The normalized spacial score (nSPS) is 22.7. The maximum Gasteiger partial charge on any atom is 0.334 e. The van der Waals surface area contributed by atoms with Gasteiger partial charge in [0.25, 0.3) is 0 Å². The molecule has 0 aromatic rings. The van der Waals surface area contributed by atoms with E-state index < -0.39 is 12.1 Å². The summed E-state index contributed by atoms with van der Waals surface area (Å²) in [6.45, 7) is 1.67. The molecule has 2 rings (SSSR count). The third-order valence-corrected chi connectivity index (χ3v) is 3.34. The highest BCUT2D eigenvalue weighted by atomic mass is 16.5. The SMILES string of the molecule is C#CCN(CC1CC1)C(=O)N1CCOC(C(=O)O)C1. The number of rotatable bonds is 4. The number of hydrogen-bond acceptors (Lipinski definition) is 3. The number of carbonyl (C=O) groups excluding carboxylic acids is 1. The van der Waals surface area contributed by atoms with Crippen molar-refractivity contribution in [2.24, 2.45) is 5.92 Å². The molecule has 1 atom stereocenters. The Balaban J connectivity index is 1.95. The molecule has 6 nitrogen and oxygen atoms in total. The van der Waals surface area contributed by atoms with Crippen LogP contribution in [0.2, 0.25) is 0 Å². The first-order valence-electron chi connectivity index (χ1n) is 6.43. The van der Waals surface area contributed by atoms with E-state index in [4.69, 9.17) is 16.3 Å². The summed E-state index contributed by atoms with van der Waals surface area (Å²) in [5.41, 5.74) is 0. The third kappa shape index (κ3) is 3.61. The van der Waals surface area contributed by atoms with Crippen LogP contribution < -0.4 is 0 Å². The summed E-state index contributed by atoms with van der Waals surface area (Å²) in [6.07, 6.45) is 6.62. The third-order valence-electron chi connectivity index (χ3n) is 3.34. The van der Waals surface area contributed by atoms with Crippen LogP contribution in [0, 0.1) is 18.3 Å². The van der Waals surface area contributed by atoms with Crippen LogP contribution in [-0.2, 0) is 9.53 Å². The van der Waals surface area contributed by atoms with Crippen LogP contribution in [0.25, 0.3) is 0 Å². The van der Waals surface area contributed by atoms with Gasteiger partial charge in [-0.25, -0.2) is 9.59 Å². The highest BCUT2D eigenvalue weighted by Crippen LogP contribution is 2.30. The van der Waals surface area contributed by atoms with Crippen molar-refractivity contribution in [1.29, 1.82) is 0 Å². The van der Waals surface area contributed by atoms with Crippen molar-refractivity contribution in [2.45, 2.75) is 18.9 Å². The number of carboxylic acids is 1. The first-order valence-corrected chi connectivity index (χ1v) is 6.43. The quantitative estimate of drug-likeness (QED) is 0.740. The average molecular weight is 266 g/mol. The van der Waals surface area contributed by atoms with Crippen LogP contribution in [0.15, 0.2) is 0 Å². The fourth-order valence-corrected chi connectivity index (χ4v) is 2.10. The lowest BCUT2D eigenvalue weighted by molar-refractivity contribution is -0.154. The Labute approximate surface area is 112 Å². The van der Waals surface area contributed by atoms with Crippen LogP contribution in [0.1, 0.15) is 12.8 Å². The number of amides is 2. The maximum absolute atomic E-state index is 12.3. The van der Waals surface area contributed by atoms with E-state index in [1.165, 1.54) is 4.90 Å². The zero-order valence-corrected chi connectivity index (χ0v) is 10.7. The number of nitrogens with zero attached hydrogens (tertiary/aromatic N) is 2. The van der Waals surface area contributed by atoms with Gasteiger partial charge in [-0.1, -0.05) is 5.92 Å². The molecular weight excluding hydrogens is 248 g/mol. The van der Waals surface area contributed by atoms with Gasteiger partial charge < -0.3 is 19.6 Å². The van der Waals surface area contributed by atoms with Crippen molar-refractivity contribution in [3.05, 3.63) is 0 Å². The predicted octanol–water partition coefficient (Wildman–Crippen LogP) is 0.237. The van der Waals surface area contributed by atoms with Gasteiger partial charge in [-0.2, -0.15) is 0 Å². The molecule has 0 aromatic carbocycles. The van der Waals surface area contributed by atoms with Crippen molar-refractivity contribution in [3.8, 4) is 12.3 Å². The zero-order valence-electron chi connectivity index (χ0n) is 10.7. The molecule has 1 aliphatic carbocycles. The summed E-state index contributed by atoms with van der Waals surface area (Å²) in [4.78, 5) is 26.4. The molecule has 2 fully saturated rings.